The third kappa shape index (κ3) is 4.28. The van der Waals surface area contributed by atoms with Gasteiger partial charge in [0.2, 0.25) is 5.95 Å². The Hall–Kier alpha value is -2.14. The van der Waals surface area contributed by atoms with Crippen LogP contribution in [-0.4, -0.2) is 47.6 Å². The van der Waals surface area contributed by atoms with Gasteiger partial charge in [0.05, 0.1) is 0 Å². The predicted octanol–water partition coefficient (Wildman–Crippen LogP) is 2.91. The Balaban J connectivity index is 1.79. The normalized spacial score (nSPS) is 15.8. The van der Waals surface area contributed by atoms with Crippen LogP contribution < -0.4 is 10.6 Å². The average Bonchev–Trinajstić information content (AvgIpc) is 2.64. The number of benzene rings is 1. The largest absolute Gasteiger partial charge is 0.368 e. The van der Waals surface area contributed by atoms with Crippen LogP contribution in [-0.2, 0) is 6.42 Å². The first-order chi connectivity index (χ1) is 12.1. The van der Waals surface area contributed by atoms with Gasteiger partial charge in [0.25, 0.3) is 0 Å². The summed E-state index contributed by atoms with van der Waals surface area (Å²) in [5, 5.41) is 0. The van der Waals surface area contributed by atoms with E-state index in [9.17, 15) is 0 Å². The number of hydrogen-bond donors (Lipinski definition) is 1. The van der Waals surface area contributed by atoms with Gasteiger partial charge in [0, 0.05) is 44.4 Å². The number of likely N-dealkylation sites (N-methyl/N-ethyl adjacent to an activating group) is 1. The lowest BCUT2D eigenvalue weighted by atomic mass is 9.99. The third-order valence-electron chi connectivity index (χ3n) is 5.02. The van der Waals surface area contributed by atoms with Crippen molar-refractivity contribution < 1.29 is 0 Å². The van der Waals surface area contributed by atoms with E-state index in [0.29, 0.717) is 11.9 Å². The van der Waals surface area contributed by atoms with Crippen LogP contribution in [0.25, 0.3) is 0 Å². The molecule has 0 atom stereocenters. The van der Waals surface area contributed by atoms with Gasteiger partial charge in [-0.05, 0) is 23.6 Å². The van der Waals surface area contributed by atoms with Crippen molar-refractivity contribution in [2.24, 2.45) is 0 Å². The fraction of sp³-hybridized carbons (Fsp3) is 0.500. The Morgan fingerprint density at radius 3 is 2.36 bits per heavy atom. The molecule has 1 fully saturated rings. The summed E-state index contributed by atoms with van der Waals surface area (Å²) < 4.78 is 0. The maximum Gasteiger partial charge on any atom is 0.221 e. The van der Waals surface area contributed by atoms with Gasteiger partial charge in [-0.25, -0.2) is 4.98 Å². The van der Waals surface area contributed by atoms with Gasteiger partial charge in [-0.1, -0.05) is 45.0 Å². The second-order valence-corrected chi connectivity index (χ2v) is 7.07. The molecule has 0 aliphatic carbocycles. The highest BCUT2D eigenvalue weighted by Gasteiger charge is 2.20. The Bertz CT molecular complexity index is 688. The minimum Gasteiger partial charge on any atom is -0.368 e. The van der Waals surface area contributed by atoms with E-state index in [1.54, 1.807) is 0 Å². The molecule has 1 aliphatic rings. The average molecular weight is 339 g/mol. The zero-order valence-corrected chi connectivity index (χ0v) is 15.6. The van der Waals surface area contributed by atoms with E-state index in [1.807, 2.05) is 6.20 Å². The van der Waals surface area contributed by atoms with Crippen LogP contribution in [0.3, 0.4) is 0 Å². The molecule has 0 spiro atoms. The van der Waals surface area contributed by atoms with E-state index in [0.717, 1.165) is 50.5 Å². The smallest absolute Gasteiger partial charge is 0.221 e. The predicted molar refractivity (Wildman–Crippen MR) is 104 cm³/mol. The van der Waals surface area contributed by atoms with Crippen molar-refractivity contribution in [3.05, 3.63) is 47.2 Å². The molecule has 0 saturated carbocycles. The van der Waals surface area contributed by atoms with Gasteiger partial charge in [-0.3, -0.25) is 0 Å². The maximum atomic E-state index is 5.87. The first-order valence-corrected chi connectivity index (χ1v) is 9.24. The number of rotatable bonds is 5. The third-order valence-corrected chi connectivity index (χ3v) is 5.02. The zero-order chi connectivity index (χ0) is 17.8. The molecule has 1 aromatic carbocycles. The lowest BCUT2D eigenvalue weighted by Crippen LogP contribution is -2.46. The molecule has 1 aliphatic heterocycles. The number of hydrogen-bond acceptors (Lipinski definition) is 5. The zero-order valence-electron chi connectivity index (χ0n) is 15.6. The summed E-state index contributed by atoms with van der Waals surface area (Å²) in [6.07, 6.45) is 2.72. The quantitative estimate of drug-likeness (QED) is 0.908. The Labute approximate surface area is 150 Å². The minimum absolute atomic E-state index is 0.354. The molecule has 2 heterocycles. The summed E-state index contributed by atoms with van der Waals surface area (Å²) in [5.41, 5.74) is 9.68. The van der Waals surface area contributed by atoms with E-state index in [4.69, 9.17) is 5.73 Å². The molecule has 3 rings (SSSR count). The van der Waals surface area contributed by atoms with Gasteiger partial charge in [-0.2, -0.15) is 4.98 Å². The molecule has 25 heavy (non-hydrogen) atoms. The Kier molecular flexibility index (Phi) is 5.53. The molecule has 0 radical (unpaired) electrons. The molecular weight excluding hydrogens is 310 g/mol. The van der Waals surface area contributed by atoms with Crippen molar-refractivity contribution in [3.8, 4) is 0 Å². The Morgan fingerprint density at radius 2 is 1.76 bits per heavy atom. The molecule has 134 valence electrons. The monoisotopic (exact) mass is 339 g/mol. The summed E-state index contributed by atoms with van der Waals surface area (Å²) in [6.45, 7) is 11.9. The van der Waals surface area contributed by atoms with Crippen LogP contribution in [0, 0.1) is 0 Å². The molecule has 2 N–H and O–H groups in total. The van der Waals surface area contributed by atoms with Gasteiger partial charge in [0.1, 0.15) is 5.82 Å². The molecule has 2 aromatic rings. The number of nitrogens with two attached hydrogens (primary N) is 1. The molecular formula is C20H29N5. The number of anilines is 2. The van der Waals surface area contributed by atoms with E-state index in [-0.39, 0.29) is 0 Å². The number of nitrogens with zero attached hydrogens (tertiary/aromatic N) is 4. The highest BCUT2D eigenvalue weighted by atomic mass is 15.3. The number of aromatic nitrogens is 2. The van der Waals surface area contributed by atoms with Crippen molar-refractivity contribution in [1.82, 2.24) is 14.9 Å². The molecule has 0 bridgehead atoms. The van der Waals surface area contributed by atoms with E-state index >= 15 is 0 Å². The molecule has 0 unspecified atom stereocenters. The number of piperazine rings is 1. The van der Waals surface area contributed by atoms with Crippen LogP contribution >= 0.6 is 0 Å². The first kappa shape index (κ1) is 17.7. The van der Waals surface area contributed by atoms with Crippen LogP contribution in [0.1, 0.15) is 43.4 Å². The molecule has 0 amide bonds. The molecule has 1 saturated heterocycles. The lowest BCUT2D eigenvalue weighted by molar-refractivity contribution is 0.270. The fourth-order valence-corrected chi connectivity index (χ4v) is 3.33. The van der Waals surface area contributed by atoms with Gasteiger partial charge in [0.15, 0.2) is 0 Å². The van der Waals surface area contributed by atoms with Crippen molar-refractivity contribution in [1.29, 1.82) is 0 Å². The lowest BCUT2D eigenvalue weighted by Gasteiger charge is -2.35. The summed E-state index contributed by atoms with van der Waals surface area (Å²) in [4.78, 5) is 13.6. The second-order valence-electron chi connectivity index (χ2n) is 7.07. The maximum absolute atomic E-state index is 5.87. The highest BCUT2D eigenvalue weighted by Crippen LogP contribution is 2.23. The van der Waals surface area contributed by atoms with Crippen molar-refractivity contribution >= 4 is 11.8 Å². The molecule has 1 aromatic heterocycles. The van der Waals surface area contributed by atoms with Crippen molar-refractivity contribution in [3.63, 3.8) is 0 Å². The van der Waals surface area contributed by atoms with Crippen LogP contribution in [0.5, 0.6) is 0 Å². The van der Waals surface area contributed by atoms with Crippen molar-refractivity contribution in [2.45, 2.75) is 33.1 Å². The highest BCUT2D eigenvalue weighted by molar-refractivity contribution is 5.51. The summed E-state index contributed by atoms with van der Waals surface area (Å²) in [7, 11) is 0. The van der Waals surface area contributed by atoms with E-state index in [2.05, 4.69) is 64.8 Å². The van der Waals surface area contributed by atoms with E-state index in [1.165, 1.54) is 11.1 Å². The SMILES string of the molecule is CCN1CCN(c2nc(N)ncc2Cc2ccc(C(C)C)cc2)CC1. The second kappa shape index (κ2) is 7.83. The van der Waals surface area contributed by atoms with Crippen molar-refractivity contribution in [2.75, 3.05) is 43.4 Å². The van der Waals surface area contributed by atoms with Gasteiger partial charge in [-0.15, -0.1) is 0 Å². The summed E-state index contributed by atoms with van der Waals surface area (Å²) in [6, 6.07) is 8.87. The summed E-state index contributed by atoms with van der Waals surface area (Å²) >= 11 is 0. The first-order valence-electron chi connectivity index (χ1n) is 9.24. The van der Waals surface area contributed by atoms with Gasteiger partial charge < -0.3 is 15.5 Å². The van der Waals surface area contributed by atoms with Crippen LogP contribution in [0.4, 0.5) is 11.8 Å². The topological polar surface area (TPSA) is 58.3 Å². The van der Waals surface area contributed by atoms with Crippen LogP contribution in [0.15, 0.2) is 30.5 Å². The summed E-state index contributed by atoms with van der Waals surface area (Å²) in [5.74, 6) is 1.90. The fourth-order valence-electron chi connectivity index (χ4n) is 3.33. The number of nitrogen functional groups attached to an aromatic ring is 1. The molecule has 5 nitrogen and oxygen atoms in total. The molecule has 5 heteroatoms. The van der Waals surface area contributed by atoms with Crippen LogP contribution in [0.2, 0.25) is 0 Å². The van der Waals surface area contributed by atoms with Gasteiger partial charge >= 0.3 is 0 Å². The Morgan fingerprint density at radius 1 is 1.08 bits per heavy atom. The standard InChI is InChI=1S/C20H29N5/c1-4-24-9-11-25(12-10-24)19-18(14-22-20(21)23-19)13-16-5-7-17(8-6-16)15(2)3/h5-8,14-15H,4,9-13H2,1-3H3,(H2,21,22,23). The minimum atomic E-state index is 0.354. The van der Waals surface area contributed by atoms with E-state index < -0.39 is 0 Å².